The summed E-state index contributed by atoms with van der Waals surface area (Å²) in [6, 6.07) is 15.3. The Balaban J connectivity index is 1.93. The van der Waals surface area contributed by atoms with Crippen molar-refractivity contribution in [2.75, 3.05) is 6.54 Å². The number of aliphatic hydroxyl groups excluding tert-OH is 1. The van der Waals surface area contributed by atoms with Gasteiger partial charge in [0, 0.05) is 12.1 Å². The maximum atomic E-state index is 12.2. The first-order valence-electron chi connectivity index (χ1n) is 8.08. The third-order valence-corrected chi connectivity index (χ3v) is 3.86. The Kier molecular flexibility index (Phi) is 5.94. The summed E-state index contributed by atoms with van der Waals surface area (Å²) in [5.41, 5.74) is 3.72. The van der Waals surface area contributed by atoms with Gasteiger partial charge in [-0.05, 0) is 48.1 Å². The van der Waals surface area contributed by atoms with E-state index >= 15 is 0 Å². The highest BCUT2D eigenvalue weighted by atomic mass is 16.3. The zero-order valence-corrected chi connectivity index (χ0v) is 14.0. The number of hydrogen-bond donors (Lipinski definition) is 2. The molecule has 2 aromatic rings. The van der Waals surface area contributed by atoms with Crippen LogP contribution in [0.3, 0.4) is 0 Å². The van der Waals surface area contributed by atoms with Crippen molar-refractivity contribution in [3.63, 3.8) is 0 Å². The first-order valence-corrected chi connectivity index (χ1v) is 8.08. The lowest BCUT2D eigenvalue weighted by atomic mass is 10.0. The van der Waals surface area contributed by atoms with E-state index in [1.807, 2.05) is 55.5 Å². The quantitative estimate of drug-likeness (QED) is 0.855. The normalized spacial score (nSPS) is 12.2. The number of benzene rings is 2. The molecule has 0 spiro atoms. The molecule has 0 heterocycles. The molecule has 0 aromatic heterocycles. The Hall–Kier alpha value is -2.13. The molecule has 1 unspecified atom stereocenters. The average Bonchev–Trinajstić information content (AvgIpc) is 2.53. The topological polar surface area (TPSA) is 49.3 Å². The van der Waals surface area contributed by atoms with Crippen molar-refractivity contribution in [1.82, 2.24) is 5.32 Å². The summed E-state index contributed by atoms with van der Waals surface area (Å²) in [4.78, 5) is 12.2. The van der Waals surface area contributed by atoms with E-state index in [0.29, 0.717) is 11.5 Å². The van der Waals surface area contributed by atoms with E-state index in [0.717, 1.165) is 17.5 Å². The summed E-state index contributed by atoms with van der Waals surface area (Å²) in [7, 11) is 0. The molecule has 2 N–H and O–H groups in total. The van der Waals surface area contributed by atoms with Gasteiger partial charge in [-0.1, -0.05) is 50.2 Å². The molecule has 0 aliphatic carbocycles. The second-order valence-corrected chi connectivity index (χ2v) is 6.38. The first kappa shape index (κ1) is 17.2. The predicted molar refractivity (Wildman–Crippen MR) is 93.5 cm³/mol. The molecule has 3 nitrogen and oxygen atoms in total. The number of hydrogen-bond acceptors (Lipinski definition) is 2. The second-order valence-electron chi connectivity index (χ2n) is 6.38. The van der Waals surface area contributed by atoms with Gasteiger partial charge in [0.25, 0.3) is 5.91 Å². The molecule has 0 radical (unpaired) electrons. The molecule has 0 fully saturated rings. The van der Waals surface area contributed by atoms with Crippen molar-refractivity contribution in [2.45, 2.75) is 33.3 Å². The minimum absolute atomic E-state index is 0.159. The molecule has 0 saturated heterocycles. The Bertz CT molecular complexity index is 647. The number of nitrogens with one attached hydrogen (secondary N) is 1. The molecule has 0 aliphatic heterocycles. The number of aryl methyl sites for hydroxylation is 1. The second kappa shape index (κ2) is 7.93. The van der Waals surface area contributed by atoms with Crippen LogP contribution in [0.4, 0.5) is 0 Å². The van der Waals surface area contributed by atoms with Gasteiger partial charge in [-0.25, -0.2) is 0 Å². The van der Waals surface area contributed by atoms with Gasteiger partial charge in [-0.15, -0.1) is 0 Å². The zero-order valence-electron chi connectivity index (χ0n) is 14.0. The van der Waals surface area contributed by atoms with Gasteiger partial charge < -0.3 is 10.4 Å². The van der Waals surface area contributed by atoms with Crippen LogP contribution in [0, 0.1) is 12.8 Å². The summed E-state index contributed by atoms with van der Waals surface area (Å²) in [5, 5.41) is 13.0. The minimum Gasteiger partial charge on any atom is -0.387 e. The van der Waals surface area contributed by atoms with Crippen LogP contribution in [0.5, 0.6) is 0 Å². The molecule has 0 aliphatic rings. The average molecular weight is 311 g/mol. The van der Waals surface area contributed by atoms with Gasteiger partial charge in [0.1, 0.15) is 0 Å². The van der Waals surface area contributed by atoms with Gasteiger partial charge in [0.05, 0.1) is 6.10 Å². The van der Waals surface area contributed by atoms with Crippen LogP contribution < -0.4 is 5.32 Å². The summed E-state index contributed by atoms with van der Waals surface area (Å²) in [6.45, 7) is 6.51. The van der Waals surface area contributed by atoms with Gasteiger partial charge in [0.15, 0.2) is 0 Å². The van der Waals surface area contributed by atoms with Crippen molar-refractivity contribution in [1.29, 1.82) is 0 Å². The highest BCUT2D eigenvalue weighted by molar-refractivity contribution is 5.94. The van der Waals surface area contributed by atoms with Crippen molar-refractivity contribution in [2.24, 2.45) is 5.92 Å². The van der Waals surface area contributed by atoms with Crippen molar-refractivity contribution >= 4 is 5.91 Å². The third kappa shape index (κ3) is 4.93. The van der Waals surface area contributed by atoms with Crippen LogP contribution in [0.1, 0.15) is 47.0 Å². The standard InChI is InChI=1S/C20H25NO2/c1-14(2)12-16-8-10-17(11-9-16)20(23)21-13-19(22)18-7-5-4-6-15(18)3/h4-11,14,19,22H,12-13H2,1-3H3,(H,21,23). The highest BCUT2D eigenvalue weighted by Crippen LogP contribution is 2.16. The lowest BCUT2D eigenvalue weighted by Gasteiger charge is -2.14. The molecule has 0 saturated carbocycles. The molecule has 0 bridgehead atoms. The summed E-state index contributed by atoms with van der Waals surface area (Å²) >= 11 is 0. The van der Waals surface area contributed by atoms with E-state index in [4.69, 9.17) is 0 Å². The fourth-order valence-electron chi connectivity index (χ4n) is 2.63. The molecule has 3 heteroatoms. The minimum atomic E-state index is -0.694. The van der Waals surface area contributed by atoms with E-state index in [2.05, 4.69) is 19.2 Å². The van der Waals surface area contributed by atoms with Crippen LogP contribution in [-0.4, -0.2) is 17.6 Å². The fourth-order valence-corrected chi connectivity index (χ4v) is 2.63. The van der Waals surface area contributed by atoms with Gasteiger partial charge in [0.2, 0.25) is 0 Å². The van der Waals surface area contributed by atoms with Gasteiger partial charge in [-0.3, -0.25) is 4.79 Å². The van der Waals surface area contributed by atoms with Crippen LogP contribution in [0.25, 0.3) is 0 Å². The van der Waals surface area contributed by atoms with Crippen LogP contribution >= 0.6 is 0 Å². The summed E-state index contributed by atoms with van der Waals surface area (Å²) < 4.78 is 0. The molecule has 2 aromatic carbocycles. The number of carbonyl (C=O) groups excluding carboxylic acids is 1. The Morgan fingerprint density at radius 2 is 1.74 bits per heavy atom. The van der Waals surface area contributed by atoms with Crippen molar-refractivity contribution in [3.05, 3.63) is 70.8 Å². The SMILES string of the molecule is Cc1ccccc1C(O)CNC(=O)c1ccc(CC(C)C)cc1. The predicted octanol–water partition coefficient (Wildman–Crippen LogP) is 3.66. The smallest absolute Gasteiger partial charge is 0.251 e. The molecule has 23 heavy (non-hydrogen) atoms. The monoisotopic (exact) mass is 311 g/mol. The third-order valence-electron chi connectivity index (χ3n) is 3.86. The number of rotatable bonds is 6. The molecule has 2 rings (SSSR count). The largest absolute Gasteiger partial charge is 0.387 e. The van der Waals surface area contributed by atoms with E-state index in [-0.39, 0.29) is 12.5 Å². The van der Waals surface area contributed by atoms with Gasteiger partial charge >= 0.3 is 0 Å². The lowest BCUT2D eigenvalue weighted by molar-refractivity contribution is 0.0916. The maximum absolute atomic E-state index is 12.2. The number of aliphatic hydroxyl groups is 1. The maximum Gasteiger partial charge on any atom is 0.251 e. The molecular weight excluding hydrogens is 286 g/mol. The fraction of sp³-hybridized carbons (Fsp3) is 0.350. The zero-order chi connectivity index (χ0) is 16.8. The Labute approximate surface area is 138 Å². The Morgan fingerprint density at radius 1 is 1.09 bits per heavy atom. The molecule has 122 valence electrons. The number of carbonyl (C=O) groups is 1. The van der Waals surface area contributed by atoms with E-state index in [1.165, 1.54) is 5.56 Å². The van der Waals surface area contributed by atoms with Gasteiger partial charge in [-0.2, -0.15) is 0 Å². The molecule has 1 amide bonds. The van der Waals surface area contributed by atoms with Crippen molar-refractivity contribution < 1.29 is 9.90 Å². The highest BCUT2D eigenvalue weighted by Gasteiger charge is 2.12. The number of amides is 1. The summed E-state index contributed by atoms with van der Waals surface area (Å²) in [6.07, 6.45) is 0.314. The van der Waals surface area contributed by atoms with Crippen LogP contribution in [0.15, 0.2) is 48.5 Å². The van der Waals surface area contributed by atoms with E-state index in [1.54, 1.807) is 0 Å². The summed E-state index contributed by atoms with van der Waals surface area (Å²) in [5.74, 6) is 0.438. The lowest BCUT2D eigenvalue weighted by Crippen LogP contribution is -2.28. The van der Waals surface area contributed by atoms with E-state index < -0.39 is 6.10 Å². The Morgan fingerprint density at radius 3 is 2.35 bits per heavy atom. The molecule has 1 atom stereocenters. The first-order chi connectivity index (χ1) is 11.0. The van der Waals surface area contributed by atoms with E-state index in [9.17, 15) is 9.90 Å². The van der Waals surface area contributed by atoms with Crippen molar-refractivity contribution in [3.8, 4) is 0 Å². The van der Waals surface area contributed by atoms with Crippen LogP contribution in [0.2, 0.25) is 0 Å². The van der Waals surface area contributed by atoms with Crippen LogP contribution in [-0.2, 0) is 6.42 Å². The molecular formula is C20H25NO2.